The summed E-state index contributed by atoms with van der Waals surface area (Å²) in [5, 5.41) is 0. The molecule has 21 heavy (non-hydrogen) atoms. The van der Waals surface area contributed by atoms with Crippen molar-refractivity contribution in [3.63, 3.8) is 0 Å². The van der Waals surface area contributed by atoms with Gasteiger partial charge in [-0.1, -0.05) is 6.92 Å². The summed E-state index contributed by atoms with van der Waals surface area (Å²) in [7, 11) is 3.28. The van der Waals surface area contributed by atoms with Crippen LogP contribution in [0, 0.1) is 5.92 Å². The Labute approximate surface area is 124 Å². The monoisotopic (exact) mass is 287 g/mol. The van der Waals surface area contributed by atoms with E-state index in [1.165, 1.54) is 0 Å². The van der Waals surface area contributed by atoms with Gasteiger partial charge in [0, 0.05) is 24.6 Å². The van der Waals surface area contributed by atoms with E-state index >= 15 is 0 Å². The molecule has 112 valence electrons. The Morgan fingerprint density at radius 3 is 2.48 bits per heavy atom. The number of hydrogen-bond acceptors (Lipinski definition) is 4. The van der Waals surface area contributed by atoms with Crippen molar-refractivity contribution in [1.82, 2.24) is 9.55 Å². The Bertz CT molecular complexity index is 642. The first kappa shape index (κ1) is 13.8. The van der Waals surface area contributed by atoms with Crippen LogP contribution in [0.5, 0.6) is 11.5 Å². The molecule has 1 atom stereocenters. The van der Waals surface area contributed by atoms with Gasteiger partial charge in [0.15, 0.2) is 0 Å². The van der Waals surface area contributed by atoms with Gasteiger partial charge in [0.1, 0.15) is 28.8 Å². The van der Waals surface area contributed by atoms with E-state index in [1.807, 2.05) is 18.2 Å². The third kappa shape index (κ3) is 2.44. The van der Waals surface area contributed by atoms with Crippen LogP contribution in [0.2, 0.25) is 0 Å². The Morgan fingerprint density at radius 1 is 1.19 bits per heavy atom. The smallest absolute Gasteiger partial charge is 0.131 e. The standard InChI is InChI=1S/C16H21N3O2/c1-10-4-5-14-18-15(16(17)19(14)9-10)11-6-12(20-2)8-13(7-11)21-3/h6-8,10H,4-5,9,17H2,1-3H3. The van der Waals surface area contributed by atoms with Crippen molar-refractivity contribution in [3.05, 3.63) is 24.0 Å². The number of fused-ring (bicyclic) bond motifs is 1. The van der Waals surface area contributed by atoms with Crippen LogP contribution in [0.25, 0.3) is 11.3 Å². The first-order chi connectivity index (χ1) is 10.1. The Morgan fingerprint density at radius 2 is 1.86 bits per heavy atom. The first-order valence-corrected chi connectivity index (χ1v) is 7.20. The van der Waals surface area contributed by atoms with Crippen molar-refractivity contribution in [2.45, 2.75) is 26.3 Å². The van der Waals surface area contributed by atoms with Gasteiger partial charge in [-0.2, -0.15) is 0 Å². The maximum atomic E-state index is 6.32. The molecule has 2 N–H and O–H groups in total. The van der Waals surface area contributed by atoms with Crippen molar-refractivity contribution in [2.75, 3.05) is 20.0 Å². The zero-order chi connectivity index (χ0) is 15.0. The summed E-state index contributed by atoms with van der Waals surface area (Å²) in [6.07, 6.45) is 2.14. The van der Waals surface area contributed by atoms with Gasteiger partial charge < -0.3 is 19.8 Å². The molecule has 0 aliphatic carbocycles. The number of rotatable bonds is 3. The highest BCUT2D eigenvalue weighted by atomic mass is 16.5. The van der Waals surface area contributed by atoms with E-state index in [4.69, 9.17) is 20.2 Å². The van der Waals surface area contributed by atoms with Crippen LogP contribution in [0.15, 0.2) is 18.2 Å². The third-order valence-electron chi connectivity index (χ3n) is 4.07. The summed E-state index contributed by atoms with van der Waals surface area (Å²) >= 11 is 0. The van der Waals surface area contributed by atoms with Gasteiger partial charge >= 0.3 is 0 Å². The molecular formula is C16H21N3O2. The summed E-state index contributed by atoms with van der Waals surface area (Å²) in [6.45, 7) is 3.19. The van der Waals surface area contributed by atoms with Crippen LogP contribution in [-0.2, 0) is 13.0 Å². The molecule has 0 radical (unpaired) electrons. The number of nitrogens with zero attached hydrogens (tertiary/aromatic N) is 2. The molecule has 1 aliphatic heterocycles. The van der Waals surface area contributed by atoms with Crippen LogP contribution in [0.3, 0.4) is 0 Å². The SMILES string of the molecule is COc1cc(OC)cc(-c2nc3n(c2N)CC(C)CC3)c1. The minimum absolute atomic E-state index is 0.640. The number of imidazole rings is 1. The molecule has 2 aromatic rings. The summed E-state index contributed by atoms with van der Waals surface area (Å²) < 4.78 is 12.8. The highest BCUT2D eigenvalue weighted by Gasteiger charge is 2.22. The number of nitrogens with two attached hydrogens (primary N) is 1. The lowest BCUT2D eigenvalue weighted by atomic mass is 10.0. The number of nitrogen functional groups attached to an aromatic ring is 1. The van der Waals surface area contributed by atoms with Gasteiger partial charge in [0.05, 0.1) is 14.2 Å². The molecule has 5 nitrogen and oxygen atoms in total. The van der Waals surface area contributed by atoms with Gasteiger partial charge in [0.2, 0.25) is 0 Å². The summed E-state index contributed by atoms with van der Waals surface area (Å²) in [6, 6.07) is 5.73. The van der Waals surface area contributed by atoms with Crippen molar-refractivity contribution in [3.8, 4) is 22.8 Å². The minimum atomic E-state index is 0.640. The van der Waals surface area contributed by atoms with E-state index in [0.717, 1.165) is 53.8 Å². The summed E-state index contributed by atoms with van der Waals surface area (Å²) in [5.41, 5.74) is 8.07. The van der Waals surface area contributed by atoms with Crippen LogP contribution in [-0.4, -0.2) is 23.8 Å². The van der Waals surface area contributed by atoms with Gasteiger partial charge in [-0.05, 0) is 24.5 Å². The van der Waals surface area contributed by atoms with Crippen LogP contribution < -0.4 is 15.2 Å². The van der Waals surface area contributed by atoms with Crippen molar-refractivity contribution < 1.29 is 9.47 Å². The number of methoxy groups -OCH3 is 2. The topological polar surface area (TPSA) is 62.3 Å². The molecule has 1 aliphatic rings. The number of ether oxygens (including phenoxy) is 2. The maximum absolute atomic E-state index is 6.32. The largest absolute Gasteiger partial charge is 0.497 e. The van der Waals surface area contributed by atoms with E-state index in [9.17, 15) is 0 Å². The van der Waals surface area contributed by atoms with E-state index in [0.29, 0.717) is 5.92 Å². The molecule has 0 fully saturated rings. The first-order valence-electron chi connectivity index (χ1n) is 7.20. The number of aryl methyl sites for hydroxylation is 1. The zero-order valence-corrected chi connectivity index (χ0v) is 12.7. The second kappa shape index (κ2) is 5.31. The second-order valence-electron chi connectivity index (χ2n) is 5.62. The highest BCUT2D eigenvalue weighted by molar-refractivity contribution is 5.73. The maximum Gasteiger partial charge on any atom is 0.131 e. The zero-order valence-electron chi connectivity index (χ0n) is 12.7. The molecule has 3 rings (SSSR count). The Hall–Kier alpha value is -2.17. The van der Waals surface area contributed by atoms with Gasteiger partial charge in [-0.3, -0.25) is 0 Å². The van der Waals surface area contributed by atoms with Crippen molar-refractivity contribution in [2.24, 2.45) is 5.92 Å². The summed E-state index contributed by atoms with van der Waals surface area (Å²) in [5.74, 6) is 3.92. The van der Waals surface area contributed by atoms with E-state index in [1.54, 1.807) is 14.2 Å². The van der Waals surface area contributed by atoms with Gasteiger partial charge in [0.25, 0.3) is 0 Å². The van der Waals surface area contributed by atoms with Gasteiger partial charge in [-0.25, -0.2) is 4.98 Å². The molecule has 1 aromatic carbocycles. The Kier molecular flexibility index (Phi) is 3.49. The predicted molar refractivity (Wildman–Crippen MR) is 82.7 cm³/mol. The lowest BCUT2D eigenvalue weighted by molar-refractivity contribution is 0.394. The molecule has 2 heterocycles. The van der Waals surface area contributed by atoms with E-state index < -0.39 is 0 Å². The van der Waals surface area contributed by atoms with Crippen LogP contribution >= 0.6 is 0 Å². The lowest BCUT2D eigenvalue weighted by Crippen LogP contribution is -2.19. The van der Waals surface area contributed by atoms with Crippen LogP contribution in [0.4, 0.5) is 5.82 Å². The molecule has 0 saturated heterocycles. The van der Waals surface area contributed by atoms with Gasteiger partial charge in [-0.15, -0.1) is 0 Å². The molecule has 1 unspecified atom stereocenters. The molecular weight excluding hydrogens is 266 g/mol. The van der Waals surface area contributed by atoms with Crippen molar-refractivity contribution in [1.29, 1.82) is 0 Å². The number of hydrogen-bond donors (Lipinski definition) is 1. The average molecular weight is 287 g/mol. The summed E-state index contributed by atoms with van der Waals surface area (Å²) in [4.78, 5) is 4.73. The lowest BCUT2D eigenvalue weighted by Gasteiger charge is -2.20. The van der Waals surface area contributed by atoms with E-state index in [-0.39, 0.29) is 0 Å². The highest BCUT2D eigenvalue weighted by Crippen LogP contribution is 2.35. The Balaban J connectivity index is 2.09. The fourth-order valence-corrected chi connectivity index (χ4v) is 2.84. The molecule has 0 saturated carbocycles. The number of benzene rings is 1. The predicted octanol–water partition coefficient (Wildman–Crippen LogP) is 2.73. The van der Waals surface area contributed by atoms with Crippen LogP contribution in [0.1, 0.15) is 19.2 Å². The molecule has 1 aromatic heterocycles. The second-order valence-corrected chi connectivity index (χ2v) is 5.62. The van der Waals surface area contributed by atoms with E-state index in [2.05, 4.69) is 11.5 Å². The van der Waals surface area contributed by atoms with Crippen molar-refractivity contribution >= 4 is 5.82 Å². The molecule has 0 spiro atoms. The number of anilines is 1. The number of aromatic nitrogens is 2. The molecule has 5 heteroatoms. The quantitative estimate of drug-likeness (QED) is 0.943. The average Bonchev–Trinajstić information content (AvgIpc) is 2.83. The fraction of sp³-hybridized carbons (Fsp3) is 0.438. The minimum Gasteiger partial charge on any atom is -0.497 e. The molecule has 0 bridgehead atoms. The third-order valence-corrected chi connectivity index (χ3v) is 4.07. The fourth-order valence-electron chi connectivity index (χ4n) is 2.84. The molecule has 0 amide bonds. The normalized spacial score (nSPS) is 17.4.